The number of benzene rings is 3. The number of carbonyl (C=O) groups excluding carboxylic acids is 2. The SMILES string of the molecule is COc1ccc(-c2nnc(NC(=O)C(Cc3ccccc3)NC(=O)Nc3ccc(F)cc3F)s2)cc1. The highest BCUT2D eigenvalue weighted by molar-refractivity contribution is 7.18. The van der Waals surface area contributed by atoms with E-state index in [-0.39, 0.29) is 17.2 Å². The minimum Gasteiger partial charge on any atom is -0.497 e. The number of nitrogens with one attached hydrogen (secondary N) is 3. The number of hydrogen-bond acceptors (Lipinski definition) is 6. The molecule has 1 atom stereocenters. The molecule has 8 nitrogen and oxygen atoms in total. The zero-order valence-electron chi connectivity index (χ0n) is 19.0. The summed E-state index contributed by atoms with van der Waals surface area (Å²) in [4.78, 5) is 25.6. The van der Waals surface area contributed by atoms with E-state index in [1.807, 2.05) is 42.5 Å². The first kappa shape index (κ1) is 24.7. The number of nitrogens with zero attached hydrogens (tertiary/aromatic N) is 2. The predicted octanol–water partition coefficient (Wildman–Crippen LogP) is 4.86. The van der Waals surface area contributed by atoms with E-state index in [9.17, 15) is 18.4 Å². The molecule has 0 spiro atoms. The zero-order chi connectivity index (χ0) is 25.5. The molecule has 0 saturated carbocycles. The van der Waals surface area contributed by atoms with Crippen LogP contribution in [0.2, 0.25) is 0 Å². The van der Waals surface area contributed by atoms with Crippen molar-refractivity contribution < 1.29 is 23.1 Å². The van der Waals surface area contributed by atoms with Crippen LogP contribution in [0, 0.1) is 11.6 Å². The highest BCUT2D eigenvalue weighted by Crippen LogP contribution is 2.28. The molecular weight excluding hydrogens is 488 g/mol. The van der Waals surface area contributed by atoms with Crippen LogP contribution in [0.3, 0.4) is 0 Å². The molecule has 1 unspecified atom stereocenters. The third kappa shape index (κ3) is 6.39. The molecule has 0 bridgehead atoms. The van der Waals surface area contributed by atoms with Crippen molar-refractivity contribution in [1.82, 2.24) is 15.5 Å². The lowest BCUT2D eigenvalue weighted by atomic mass is 10.1. The lowest BCUT2D eigenvalue weighted by molar-refractivity contribution is -0.117. The fourth-order valence-electron chi connectivity index (χ4n) is 3.28. The fourth-order valence-corrected chi connectivity index (χ4v) is 4.04. The quantitative estimate of drug-likeness (QED) is 0.315. The maximum absolute atomic E-state index is 13.9. The number of hydrogen-bond donors (Lipinski definition) is 3. The normalized spacial score (nSPS) is 11.4. The summed E-state index contributed by atoms with van der Waals surface area (Å²) in [6, 6.07) is 17.2. The van der Waals surface area contributed by atoms with E-state index in [1.54, 1.807) is 19.2 Å². The van der Waals surface area contributed by atoms with Crippen LogP contribution >= 0.6 is 11.3 Å². The van der Waals surface area contributed by atoms with Crippen molar-refractivity contribution in [2.24, 2.45) is 0 Å². The van der Waals surface area contributed by atoms with Crippen molar-refractivity contribution in [3.63, 3.8) is 0 Å². The van der Waals surface area contributed by atoms with Crippen LogP contribution in [0.15, 0.2) is 72.8 Å². The summed E-state index contributed by atoms with van der Waals surface area (Å²) < 4.78 is 32.3. The van der Waals surface area contributed by atoms with Gasteiger partial charge in [-0.1, -0.05) is 41.7 Å². The van der Waals surface area contributed by atoms with Crippen LogP contribution in [-0.4, -0.2) is 35.3 Å². The first-order valence-corrected chi connectivity index (χ1v) is 11.6. The number of urea groups is 1. The van der Waals surface area contributed by atoms with Crippen LogP contribution in [0.5, 0.6) is 5.75 Å². The van der Waals surface area contributed by atoms with Crippen LogP contribution < -0.4 is 20.7 Å². The Bertz CT molecular complexity index is 1350. The van der Waals surface area contributed by atoms with Gasteiger partial charge in [0.15, 0.2) is 0 Å². The summed E-state index contributed by atoms with van der Waals surface area (Å²) in [6.07, 6.45) is 0.163. The predicted molar refractivity (Wildman–Crippen MR) is 133 cm³/mol. The fraction of sp³-hybridized carbons (Fsp3) is 0.120. The van der Waals surface area contributed by atoms with Gasteiger partial charge >= 0.3 is 6.03 Å². The molecule has 11 heteroatoms. The van der Waals surface area contributed by atoms with E-state index in [4.69, 9.17) is 4.74 Å². The second kappa shape index (κ2) is 11.4. The molecule has 184 valence electrons. The van der Waals surface area contributed by atoms with Crippen molar-refractivity contribution >= 4 is 34.1 Å². The summed E-state index contributed by atoms with van der Waals surface area (Å²) in [6.45, 7) is 0. The Kier molecular flexibility index (Phi) is 7.81. The summed E-state index contributed by atoms with van der Waals surface area (Å²) in [5, 5.41) is 16.5. The molecule has 1 aromatic heterocycles. The summed E-state index contributed by atoms with van der Waals surface area (Å²) in [7, 11) is 1.57. The van der Waals surface area contributed by atoms with Gasteiger partial charge in [-0.3, -0.25) is 10.1 Å². The van der Waals surface area contributed by atoms with Crippen LogP contribution in [0.4, 0.5) is 24.4 Å². The summed E-state index contributed by atoms with van der Waals surface area (Å²) >= 11 is 1.17. The van der Waals surface area contributed by atoms with Crippen molar-refractivity contribution in [3.05, 3.63) is 90.0 Å². The largest absolute Gasteiger partial charge is 0.497 e. The number of anilines is 2. The molecule has 0 radical (unpaired) electrons. The van der Waals surface area contributed by atoms with Gasteiger partial charge in [0, 0.05) is 18.1 Å². The molecule has 4 aromatic rings. The van der Waals surface area contributed by atoms with E-state index in [0.29, 0.717) is 16.8 Å². The third-order valence-corrected chi connectivity index (χ3v) is 5.96. The second-order valence-electron chi connectivity index (χ2n) is 7.60. The molecule has 3 amide bonds. The number of amides is 3. The standard InChI is InChI=1S/C25H21F2N5O3S/c1-35-18-10-7-16(8-11-18)23-31-32-25(36-23)30-22(33)21(13-15-5-3-2-4-6-15)29-24(34)28-20-12-9-17(26)14-19(20)27/h2-12,14,21H,13H2,1H3,(H2,28,29,34)(H,30,32,33). The average Bonchev–Trinajstić information content (AvgIpc) is 3.34. The molecule has 3 N–H and O–H groups in total. The highest BCUT2D eigenvalue weighted by atomic mass is 32.1. The smallest absolute Gasteiger partial charge is 0.319 e. The molecule has 0 aliphatic rings. The number of methoxy groups -OCH3 is 1. The van der Waals surface area contributed by atoms with Crippen LogP contribution in [-0.2, 0) is 11.2 Å². The number of carbonyl (C=O) groups is 2. The first-order chi connectivity index (χ1) is 17.4. The molecule has 0 saturated heterocycles. The molecule has 0 fully saturated rings. The topological polar surface area (TPSA) is 105 Å². The van der Waals surface area contributed by atoms with Gasteiger partial charge in [0.1, 0.15) is 28.4 Å². The van der Waals surface area contributed by atoms with Gasteiger partial charge in [-0.15, -0.1) is 10.2 Å². The molecule has 0 aliphatic heterocycles. The monoisotopic (exact) mass is 509 g/mol. The van der Waals surface area contributed by atoms with Crippen molar-refractivity contribution in [2.75, 3.05) is 17.7 Å². The van der Waals surface area contributed by atoms with Gasteiger partial charge in [-0.2, -0.15) is 0 Å². The van der Waals surface area contributed by atoms with Gasteiger partial charge in [0.05, 0.1) is 12.8 Å². The van der Waals surface area contributed by atoms with Crippen molar-refractivity contribution in [2.45, 2.75) is 12.5 Å². The van der Waals surface area contributed by atoms with E-state index in [2.05, 4.69) is 26.1 Å². The summed E-state index contributed by atoms with van der Waals surface area (Å²) in [5.41, 5.74) is 1.37. The third-order valence-electron chi connectivity index (χ3n) is 5.08. The van der Waals surface area contributed by atoms with E-state index in [0.717, 1.165) is 23.3 Å². The lowest BCUT2D eigenvalue weighted by Crippen LogP contribution is -2.47. The number of rotatable bonds is 8. The zero-order valence-corrected chi connectivity index (χ0v) is 19.8. The Labute approximate surface area is 209 Å². The number of ether oxygens (including phenoxy) is 1. The number of halogens is 2. The Morgan fingerprint density at radius 3 is 2.42 bits per heavy atom. The minimum absolute atomic E-state index is 0.163. The van der Waals surface area contributed by atoms with Gasteiger partial charge in [-0.25, -0.2) is 13.6 Å². The van der Waals surface area contributed by atoms with E-state index in [1.165, 1.54) is 11.3 Å². The summed E-state index contributed by atoms with van der Waals surface area (Å²) in [5.74, 6) is -1.54. The van der Waals surface area contributed by atoms with Gasteiger partial charge in [0.2, 0.25) is 11.0 Å². The molecule has 1 heterocycles. The Morgan fingerprint density at radius 2 is 1.72 bits per heavy atom. The maximum atomic E-state index is 13.9. The van der Waals surface area contributed by atoms with Crippen molar-refractivity contribution in [1.29, 1.82) is 0 Å². The second-order valence-corrected chi connectivity index (χ2v) is 8.57. The van der Waals surface area contributed by atoms with E-state index >= 15 is 0 Å². The maximum Gasteiger partial charge on any atom is 0.319 e. The van der Waals surface area contributed by atoms with E-state index < -0.39 is 29.6 Å². The molecule has 3 aromatic carbocycles. The van der Waals surface area contributed by atoms with Crippen LogP contribution in [0.25, 0.3) is 10.6 Å². The highest BCUT2D eigenvalue weighted by Gasteiger charge is 2.23. The molecule has 0 aliphatic carbocycles. The Balaban J connectivity index is 1.47. The van der Waals surface area contributed by atoms with Gasteiger partial charge in [-0.05, 0) is 42.0 Å². The van der Waals surface area contributed by atoms with Crippen LogP contribution in [0.1, 0.15) is 5.56 Å². The van der Waals surface area contributed by atoms with Gasteiger partial charge < -0.3 is 15.4 Å². The lowest BCUT2D eigenvalue weighted by Gasteiger charge is -2.18. The molecular formula is C25H21F2N5O3S. The first-order valence-electron chi connectivity index (χ1n) is 10.8. The molecule has 36 heavy (non-hydrogen) atoms. The average molecular weight is 510 g/mol. The van der Waals surface area contributed by atoms with Crippen molar-refractivity contribution in [3.8, 4) is 16.3 Å². The number of aromatic nitrogens is 2. The minimum atomic E-state index is -1.02. The Hall–Kier alpha value is -4.38. The van der Waals surface area contributed by atoms with Gasteiger partial charge in [0.25, 0.3) is 0 Å². The Morgan fingerprint density at radius 1 is 0.972 bits per heavy atom. The molecule has 4 rings (SSSR count).